The molecule has 1 fully saturated rings. The molecular formula is C18H25NO5S. The van der Waals surface area contributed by atoms with Crippen molar-refractivity contribution in [3.05, 3.63) is 29.8 Å². The fraction of sp³-hybridized carbons (Fsp3) is 0.556. The van der Waals surface area contributed by atoms with Crippen molar-refractivity contribution < 1.29 is 23.1 Å². The van der Waals surface area contributed by atoms with Crippen LogP contribution < -0.4 is 0 Å². The molecule has 1 amide bonds. The van der Waals surface area contributed by atoms with Gasteiger partial charge in [0.25, 0.3) is 5.91 Å². The van der Waals surface area contributed by atoms with Crippen molar-refractivity contribution >= 4 is 21.7 Å². The third-order valence-corrected chi connectivity index (χ3v) is 6.54. The molecule has 0 radical (unpaired) electrons. The predicted molar refractivity (Wildman–Crippen MR) is 94.3 cm³/mol. The van der Waals surface area contributed by atoms with Crippen LogP contribution in [0.25, 0.3) is 0 Å². The Labute approximate surface area is 148 Å². The number of carboxylic acids is 1. The molecule has 1 heterocycles. The van der Waals surface area contributed by atoms with Crippen LogP contribution in [0.2, 0.25) is 0 Å². The summed E-state index contributed by atoms with van der Waals surface area (Å²) < 4.78 is 24.4. The Morgan fingerprint density at radius 3 is 2.40 bits per heavy atom. The Morgan fingerprint density at radius 2 is 1.84 bits per heavy atom. The van der Waals surface area contributed by atoms with Gasteiger partial charge in [-0.15, -0.1) is 0 Å². The molecule has 1 aliphatic heterocycles. The molecule has 2 unspecified atom stereocenters. The van der Waals surface area contributed by atoms with Crippen LogP contribution in [0.5, 0.6) is 0 Å². The van der Waals surface area contributed by atoms with Gasteiger partial charge in [0.05, 0.1) is 16.6 Å². The molecule has 1 N–H and O–H groups in total. The fourth-order valence-corrected chi connectivity index (χ4v) is 4.47. The average molecular weight is 367 g/mol. The van der Waals surface area contributed by atoms with E-state index in [9.17, 15) is 23.1 Å². The SMILES string of the molecule is CCCCS(=O)(=O)c1ccc(C(=O)N2CC(C(=O)O)CCC2C)cc1. The lowest BCUT2D eigenvalue weighted by Crippen LogP contribution is -2.47. The highest BCUT2D eigenvalue weighted by molar-refractivity contribution is 7.91. The number of piperidine rings is 1. The third-order valence-electron chi connectivity index (χ3n) is 4.72. The van der Waals surface area contributed by atoms with Crippen molar-refractivity contribution in [3.63, 3.8) is 0 Å². The van der Waals surface area contributed by atoms with Crippen LogP contribution in [0.15, 0.2) is 29.2 Å². The van der Waals surface area contributed by atoms with Crippen LogP contribution in [-0.2, 0) is 14.6 Å². The lowest BCUT2D eigenvalue weighted by Gasteiger charge is -2.36. The number of carboxylic acid groups (broad SMARTS) is 1. The standard InChI is InChI=1S/C18H25NO5S/c1-3-4-11-25(23,24)16-9-7-14(8-10-16)17(20)19-12-15(18(21)22)6-5-13(19)2/h7-10,13,15H,3-6,11-12H2,1-2H3,(H,21,22). The van der Waals surface area contributed by atoms with E-state index < -0.39 is 21.7 Å². The summed E-state index contributed by atoms with van der Waals surface area (Å²) in [4.78, 5) is 25.7. The number of carbonyl (C=O) groups is 2. The molecule has 7 heteroatoms. The molecule has 0 saturated carbocycles. The fourth-order valence-electron chi connectivity index (χ4n) is 3.01. The van der Waals surface area contributed by atoms with E-state index in [2.05, 4.69) is 0 Å². The molecule has 0 bridgehead atoms. The molecule has 6 nitrogen and oxygen atoms in total. The number of rotatable bonds is 6. The molecule has 0 aliphatic carbocycles. The summed E-state index contributed by atoms with van der Waals surface area (Å²) in [6.07, 6.45) is 2.61. The van der Waals surface area contributed by atoms with E-state index >= 15 is 0 Å². The van der Waals surface area contributed by atoms with Crippen LogP contribution in [0.3, 0.4) is 0 Å². The highest BCUT2D eigenvalue weighted by Gasteiger charge is 2.33. The number of likely N-dealkylation sites (tertiary alicyclic amines) is 1. The Kier molecular flexibility index (Phi) is 6.21. The molecule has 1 aromatic carbocycles. The molecule has 1 aromatic rings. The zero-order valence-electron chi connectivity index (χ0n) is 14.6. The zero-order chi connectivity index (χ0) is 18.6. The minimum absolute atomic E-state index is 0.0314. The summed E-state index contributed by atoms with van der Waals surface area (Å²) >= 11 is 0. The minimum atomic E-state index is -3.32. The molecule has 2 rings (SSSR count). The van der Waals surface area contributed by atoms with Gasteiger partial charge in [-0.2, -0.15) is 0 Å². The van der Waals surface area contributed by atoms with Gasteiger partial charge < -0.3 is 10.0 Å². The van der Waals surface area contributed by atoms with Crippen molar-refractivity contribution in [1.29, 1.82) is 0 Å². The summed E-state index contributed by atoms with van der Waals surface area (Å²) in [6, 6.07) is 5.91. The number of sulfone groups is 1. The predicted octanol–water partition coefficient (Wildman–Crippen LogP) is 2.59. The monoisotopic (exact) mass is 367 g/mol. The minimum Gasteiger partial charge on any atom is -0.481 e. The Balaban J connectivity index is 2.15. The van der Waals surface area contributed by atoms with Gasteiger partial charge in [0, 0.05) is 18.2 Å². The maximum absolute atomic E-state index is 12.7. The first-order valence-corrected chi connectivity index (χ1v) is 10.3. The van der Waals surface area contributed by atoms with Crippen LogP contribution in [0.1, 0.15) is 49.9 Å². The number of benzene rings is 1. The zero-order valence-corrected chi connectivity index (χ0v) is 15.5. The van der Waals surface area contributed by atoms with Gasteiger partial charge in [-0.25, -0.2) is 8.42 Å². The van der Waals surface area contributed by atoms with E-state index in [0.717, 1.165) is 6.42 Å². The van der Waals surface area contributed by atoms with Gasteiger partial charge in [-0.1, -0.05) is 13.3 Å². The summed E-state index contributed by atoms with van der Waals surface area (Å²) in [5, 5.41) is 9.19. The smallest absolute Gasteiger partial charge is 0.308 e. The Bertz CT molecular complexity index is 726. The number of unbranched alkanes of at least 4 members (excludes halogenated alkanes) is 1. The second kappa shape index (κ2) is 7.99. The van der Waals surface area contributed by atoms with E-state index in [0.29, 0.717) is 24.8 Å². The van der Waals surface area contributed by atoms with Crippen molar-refractivity contribution in [1.82, 2.24) is 4.90 Å². The molecule has 0 spiro atoms. The average Bonchev–Trinajstić information content (AvgIpc) is 2.59. The molecule has 1 aliphatic rings. The quantitative estimate of drug-likeness (QED) is 0.834. The number of hydrogen-bond donors (Lipinski definition) is 1. The largest absolute Gasteiger partial charge is 0.481 e. The number of amides is 1. The van der Waals surface area contributed by atoms with Gasteiger partial charge >= 0.3 is 5.97 Å². The molecule has 1 saturated heterocycles. The molecule has 25 heavy (non-hydrogen) atoms. The van der Waals surface area contributed by atoms with Gasteiger partial charge in [0.2, 0.25) is 0 Å². The normalized spacial score (nSPS) is 21.1. The second-order valence-corrected chi connectivity index (χ2v) is 8.72. The van der Waals surface area contributed by atoms with E-state index in [1.165, 1.54) is 24.3 Å². The molecule has 138 valence electrons. The van der Waals surface area contributed by atoms with Gasteiger partial charge in [0.1, 0.15) is 0 Å². The summed E-state index contributed by atoms with van der Waals surface area (Å²) in [6.45, 7) is 4.02. The summed E-state index contributed by atoms with van der Waals surface area (Å²) in [5.74, 6) is -1.59. The molecule has 0 aromatic heterocycles. The van der Waals surface area contributed by atoms with Crippen molar-refractivity contribution in [3.8, 4) is 0 Å². The third kappa shape index (κ3) is 4.60. The number of carbonyl (C=O) groups excluding carboxylic acids is 1. The summed E-state index contributed by atoms with van der Waals surface area (Å²) in [5.41, 5.74) is 0.382. The van der Waals surface area contributed by atoms with Crippen molar-refractivity contribution in [2.24, 2.45) is 5.92 Å². The van der Waals surface area contributed by atoms with E-state index in [1.54, 1.807) is 4.90 Å². The van der Waals surface area contributed by atoms with Crippen LogP contribution in [0.4, 0.5) is 0 Å². The Hall–Kier alpha value is -1.89. The molecule has 2 atom stereocenters. The highest BCUT2D eigenvalue weighted by Crippen LogP contribution is 2.24. The topological polar surface area (TPSA) is 91.8 Å². The maximum atomic E-state index is 12.7. The highest BCUT2D eigenvalue weighted by atomic mass is 32.2. The van der Waals surface area contributed by atoms with Gasteiger partial charge in [-0.05, 0) is 50.5 Å². The van der Waals surface area contributed by atoms with E-state index in [-0.39, 0.29) is 29.1 Å². The van der Waals surface area contributed by atoms with E-state index in [1.807, 2.05) is 13.8 Å². The first-order chi connectivity index (χ1) is 11.8. The van der Waals surface area contributed by atoms with Gasteiger partial charge in [-0.3, -0.25) is 9.59 Å². The van der Waals surface area contributed by atoms with Crippen molar-refractivity contribution in [2.45, 2.75) is 50.5 Å². The first-order valence-electron chi connectivity index (χ1n) is 8.63. The lowest BCUT2D eigenvalue weighted by atomic mass is 9.93. The van der Waals surface area contributed by atoms with Gasteiger partial charge in [0.15, 0.2) is 9.84 Å². The van der Waals surface area contributed by atoms with Crippen LogP contribution >= 0.6 is 0 Å². The number of hydrogen-bond acceptors (Lipinski definition) is 4. The van der Waals surface area contributed by atoms with Crippen molar-refractivity contribution in [2.75, 3.05) is 12.3 Å². The number of aliphatic carboxylic acids is 1. The Morgan fingerprint density at radius 1 is 1.20 bits per heavy atom. The lowest BCUT2D eigenvalue weighted by molar-refractivity contribution is -0.143. The molecular weight excluding hydrogens is 342 g/mol. The van der Waals surface area contributed by atoms with E-state index in [4.69, 9.17) is 0 Å². The summed E-state index contributed by atoms with van der Waals surface area (Å²) in [7, 11) is -3.32. The van der Waals surface area contributed by atoms with Crippen LogP contribution in [-0.4, -0.2) is 48.6 Å². The maximum Gasteiger partial charge on any atom is 0.308 e. The number of nitrogens with zero attached hydrogens (tertiary/aromatic N) is 1. The van der Waals surface area contributed by atoms with Crippen LogP contribution in [0, 0.1) is 5.92 Å². The first kappa shape index (κ1) is 19.4. The second-order valence-electron chi connectivity index (χ2n) is 6.62.